The number of benzene rings is 2. The Labute approximate surface area is 169 Å². The van der Waals surface area contributed by atoms with E-state index in [-0.39, 0.29) is 0 Å². The molecule has 6 nitrogen and oxygen atoms in total. The molecular weight excluding hydrogens is 362 g/mol. The average Bonchev–Trinajstić information content (AvgIpc) is 3.41. The second-order valence-corrected chi connectivity index (χ2v) is 7.32. The van der Waals surface area contributed by atoms with Crippen LogP contribution in [-0.2, 0) is 6.54 Å². The van der Waals surface area contributed by atoms with E-state index in [1.807, 2.05) is 53.2 Å². The molecule has 0 unspecified atom stereocenters. The van der Waals surface area contributed by atoms with E-state index in [2.05, 4.69) is 39.4 Å². The topological polar surface area (TPSA) is 61.2 Å². The highest BCUT2D eigenvalue weighted by atomic mass is 16.5. The van der Waals surface area contributed by atoms with Crippen molar-refractivity contribution in [1.29, 1.82) is 5.26 Å². The number of para-hydroxylation sites is 2. The molecule has 0 amide bonds. The molecule has 1 aliphatic heterocycles. The summed E-state index contributed by atoms with van der Waals surface area (Å²) in [5.74, 6) is 0.944. The molecule has 0 bridgehead atoms. The number of hydrogen-bond donors (Lipinski definition) is 0. The fourth-order valence-electron chi connectivity index (χ4n) is 3.95. The summed E-state index contributed by atoms with van der Waals surface area (Å²) in [5, 5.41) is 14.7. The van der Waals surface area contributed by atoms with Crippen molar-refractivity contribution in [2.45, 2.75) is 6.54 Å². The maximum Gasteiger partial charge on any atom is 0.180 e. The molecule has 1 aliphatic rings. The highest BCUT2D eigenvalue weighted by Crippen LogP contribution is 2.26. The molecule has 2 aromatic heterocycles. The molecule has 0 aliphatic carbocycles. The first kappa shape index (κ1) is 17.5. The van der Waals surface area contributed by atoms with Gasteiger partial charge in [0.05, 0.1) is 16.6 Å². The molecule has 6 heteroatoms. The van der Waals surface area contributed by atoms with Gasteiger partial charge in [0.2, 0.25) is 0 Å². The molecule has 0 saturated carbocycles. The number of anilines is 1. The number of piperazine rings is 1. The van der Waals surface area contributed by atoms with Crippen molar-refractivity contribution in [3.63, 3.8) is 0 Å². The van der Waals surface area contributed by atoms with Crippen LogP contribution in [0.2, 0.25) is 0 Å². The van der Waals surface area contributed by atoms with Crippen LogP contribution in [0.1, 0.15) is 11.1 Å². The molecule has 0 radical (unpaired) electrons. The Balaban J connectivity index is 1.25. The standard InChI is InChI=1S/C23H21N5O/c24-15-19-5-1-3-7-21(19)28-10-9-18(17-28)16-26-11-13-27(14-12-26)23-20-6-2-4-8-22(20)29-25-23/h1-10,17H,11-14,16H2. The second kappa shape index (κ2) is 7.46. The zero-order chi connectivity index (χ0) is 19.6. The quantitative estimate of drug-likeness (QED) is 0.536. The third kappa shape index (κ3) is 3.37. The van der Waals surface area contributed by atoms with Gasteiger partial charge in [-0.3, -0.25) is 4.90 Å². The zero-order valence-corrected chi connectivity index (χ0v) is 16.0. The van der Waals surface area contributed by atoms with Crippen LogP contribution in [0.25, 0.3) is 16.7 Å². The van der Waals surface area contributed by atoms with Gasteiger partial charge >= 0.3 is 0 Å². The van der Waals surface area contributed by atoms with Crippen LogP contribution in [0.3, 0.4) is 0 Å². The second-order valence-electron chi connectivity index (χ2n) is 7.32. The fourth-order valence-corrected chi connectivity index (χ4v) is 3.95. The lowest BCUT2D eigenvalue weighted by Crippen LogP contribution is -2.46. The van der Waals surface area contributed by atoms with Gasteiger partial charge in [0.1, 0.15) is 6.07 Å². The van der Waals surface area contributed by atoms with Crippen molar-refractivity contribution >= 4 is 16.8 Å². The lowest BCUT2D eigenvalue weighted by molar-refractivity contribution is 0.248. The first-order chi connectivity index (χ1) is 14.3. The minimum Gasteiger partial charge on any atom is -0.354 e. The van der Waals surface area contributed by atoms with Crippen molar-refractivity contribution in [2.24, 2.45) is 0 Å². The largest absolute Gasteiger partial charge is 0.354 e. The minimum atomic E-state index is 0.683. The van der Waals surface area contributed by atoms with E-state index in [9.17, 15) is 5.26 Å². The monoisotopic (exact) mass is 383 g/mol. The predicted octanol–water partition coefficient (Wildman–Crippen LogP) is 3.81. The van der Waals surface area contributed by atoms with Gasteiger partial charge < -0.3 is 14.0 Å². The Morgan fingerprint density at radius 3 is 2.62 bits per heavy atom. The Hall–Kier alpha value is -3.56. The van der Waals surface area contributed by atoms with Gasteiger partial charge in [-0.25, -0.2) is 0 Å². The molecule has 4 aromatic rings. The number of nitriles is 1. The van der Waals surface area contributed by atoms with Crippen molar-refractivity contribution in [1.82, 2.24) is 14.6 Å². The van der Waals surface area contributed by atoms with Crippen LogP contribution in [0.4, 0.5) is 5.82 Å². The Morgan fingerprint density at radius 2 is 1.76 bits per heavy atom. The third-order valence-corrected chi connectivity index (χ3v) is 5.49. The summed E-state index contributed by atoms with van der Waals surface area (Å²) in [4.78, 5) is 4.76. The smallest absolute Gasteiger partial charge is 0.180 e. The maximum absolute atomic E-state index is 9.33. The van der Waals surface area contributed by atoms with Gasteiger partial charge in [0, 0.05) is 45.1 Å². The van der Waals surface area contributed by atoms with E-state index in [0.29, 0.717) is 5.56 Å². The number of fused-ring (bicyclic) bond motifs is 1. The summed E-state index contributed by atoms with van der Waals surface area (Å²) in [5.41, 5.74) is 3.69. The molecular formula is C23H21N5O. The summed E-state index contributed by atoms with van der Waals surface area (Å²) in [7, 11) is 0. The van der Waals surface area contributed by atoms with Gasteiger partial charge in [-0.2, -0.15) is 5.26 Å². The molecule has 29 heavy (non-hydrogen) atoms. The molecule has 2 aromatic carbocycles. The first-order valence-electron chi connectivity index (χ1n) is 9.80. The van der Waals surface area contributed by atoms with Gasteiger partial charge in [-0.15, -0.1) is 0 Å². The van der Waals surface area contributed by atoms with Gasteiger partial charge in [-0.1, -0.05) is 29.4 Å². The SMILES string of the molecule is N#Cc1ccccc1-n1ccc(CN2CCN(c3noc4ccccc34)CC2)c1. The molecule has 0 spiro atoms. The first-order valence-corrected chi connectivity index (χ1v) is 9.80. The van der Waals surface area contributed by atoms with Crippen LogP contribution < -0.4 is 4.90 Å². The van der Waals surface area contributed by atoms with Crippen LogP contribution in [0, 0.1) is 11.3 Å². The Kier molecular flexibility index (Phi) is 4.51. The van der Waals surface area contributed by atoms with E-state index in [0.717, 1.165) is 55.2 Å². The molecule has 3 heterocycles. The van der Waals surface area contributed by atoms with Crippen LogP contribution in [-0.4, -0.2) is 40.8 Å². The summed E-state index contributed by atoms with van der Waals surface area (Å²) < 4.78 is 7.49. The number of nitrogens with zero attached hydrogens (tertiary/aromatic N) is 5. The average molecular weight is 383 g/mol. The van der Waals surface area contributed by atoms with E-state index in [1.54, 1.807) is 0 Å². The molecule has 5 rings (SSSR count). The third-order valence-electron chi connectivity index (χ3n) is 5.49. The number of aromatic nitrogens is 2. The number of rotatable bonds is 4. The highest BCUT2D eigenvalue weighted by Gasteiger charge is 2.21. The normalized spacial score (nSPS) is 14.9. The molecule has 1 saturated heterocycles. The lowest BCUT2D eigenvalue weighted by Gasteiger charge is -2.34. The van der Waals surface area contributed by atoms with E-state index in [4.69, 9.17) is 4.52 Å². The van der Waals surface area contributed by atoms with Crippen LogP contribution in [0.5, 0.6) is 0 Å². The van der Waals surface area contributed by atoms with Crippen molar-refractivity contribution in [3.8, 4) is 11.8 Å². The van der Waals surface area contributed by atoms with Crippen molar-refractivity contribution in [2.75, 3.05) is 31.1 Å². The molecule has 144 valence electrons. The van der Waals surface area contributed by atoms with Gasteiger partial charge in [-0.05, 0) is 35.9 Å². The Morgan fingerprint density at radius 1 is 0.966 bits per heavy atom. The molecule has 1 fully saturated rings. The van der Waals surface area contributed by atoms with E-state index in [1.165, 1.54) is 5.56 Å². The van der Waals surface area contributed by atoms with Crippen molar-refractivity contribution in [3.05, 3.63) is 78.1 Å². The van der Waals surface area contributed by atoms with Crippen LogP contribution >= 0.6 is 0 Å². The Bertz CT molecular complexity index is 1180. The zero-order valence-electron chi connectivity index (χ0n) is 16.0. The predicted molar refractivity (Wildman–Crippen MR) is 112 cm³/mol. The van der Waals surface area contributed by atoms with Gasteiger partial charge in [0.15, 0.2) is 11.4 Å². The molecule has 0 atom stereocenters. The highest BCUT2D eigenvalue weighted by molar-refractivity contribution is 5.88. The summed E-state index contributed by atoms with van der Waals surface area (Å²) in [6.07, 6.45) is 4.15. The summed E-state index contributed by atoms with van der Waals surface area (Å²) in [6, 6.07) is 20.1. The van der Waals surface area contributed by atoms with Crippen LogP contribution in [0.15, 0.2) is 71.5 Å². The van der Waals surface area contributed by atoms with E-state index >= 15 is 0 Å². The van der Waals surface area contributed by atoms with Gasteiger partial charge in [0.25, 0.3) is 0 Å². The maximum atomic E-state index is 9.33. The summed E-state index contributed by atoms with van der Waals surface area (Å²) in [6.45, 7) is 4.69. The number of hydrogen-bond acceptors (Lipinski definition) is 5. The lowest BCUT2D eigenvalue weighted by atomic mass is 10.2. The summed E-state index contributed by atoms with van der Waals surface area (Å²) >= 11 is 0. The molecule has 0 N–H and O–H groups in total. The van der Waals surface area contributed by atoms with Crippen molar-refractivity contribution < 1.29 is 4.52 Å². The minimum absolute atomic E-state index is 0.683. The fraction of sp³-hybridized carbons (Fsp3) is 0.217. The van der Waals surface area contributed by atoms with E-state index < -0.39 is 0 Å².